The summed E-state index contributed by atoms with van der Waals surface area (Å²) >= 11 is 0. The number of hydrogen-bond donors (Lipinski definition) is 7. The summed E-state index contributed by atoms with van der Waals surface area (Å²) in [5.74, 6) is 3.17. The van der Waals surface area contributed by atoms with Crippen molar-refractivity contribution in [2.45, 2.75) is 70.3 Å². The molecular weight excluding hydrogens is 577 g/mol. The van der Waals surface area contributed by atoms with Crippen LogP contribution < -0.4 is 26.6 Å². The second-order valence-electron chi connectivity index (χ2n) is 13.2. The van der Waals surface area contributed by atoms with Crippen LogP contribution in [0.1, 0.15) is 64.2 Å². The first-order valence-corrected chi connectivity index (χ1v) is 18.8. The zero-order chi connectivity index (χ0) is 30.8. The smallest absolute Gasteiger partial charge is 0.368 e. The van der Waals surface area contributed by atoms with Crippen molar-refractivity contribution in [1.29, 1.82) is 0 Å². The van der Waals surface area contributed by atoms with E-state index in [4.69, 9.17) is 10.7 Å². The molecule has 0 spiro atoms. The van der Waals surface area contributed by atoms with Gasteiger partial charge in [0.25, 0.3) is 0 Å². The number of aromatic nitrogens is 3. The Balaban J connectivity index is 1.03. The van der Waals surface area contributed by atoms with E-state index >= 15 is 0 Å². The number of rotatable bonds is 16. The number of anilines is 3. The summed E-state index contributed by atoms with van der Waals surface area (Å²) in [4.78, 5) is 45.5. The molecule has 3 fully saturated rings. The predicted octanol–water partition coefficient (Wildman–Crippen LogP) is 2.55. The van der Waals surface area contributed by atoms with E-state index in [1.54, 1.807) is 0 Å². The second-order valence-corrected chi connectivity index (χ2v) is 15.0. The minimum Gasteiger partial charge on any atom is -0.368 e. The molecule has 0 amide bonds. The van der Waals surface area contributed by atoms with Gasteiger partial charge >= 0.3 is 7.94 Å². The lowest BCUT2D eigenvalue weighted by atomic mass is 9.69. The van der Waals surface area contributed by atoms with Crippen molar-refractivity contribution in [1.82, 2.24) is 30.5 Å². The van der Waals surface area contributed by atoms with Crippen molar-refractivity contribution in [3.05, 3.63) is 23.8 Å². The van der Waals surface area contributed by atoms with Gasteiger partial charge in [-0.15, -0.1) is 0 Å². The third-order valence-electron chi connectivity index (χ3n) is 9.86. The summed E-state index contributed by atoms with van der Waals surface area (Å²) in [5, 5.41) is 11.0. The average Bonchev–Trinajstić information content (AvgIpc) is 2.98. The molecule has 1 aliphatic heterocycles. The molecule has 0 aromatic carbocycles. The highest BCUT2D eigenvalue weighted by Crippen LogP contribution is 2.44. The molecule has 2 saturated carbocycles. The molecule has 5 rings (SSSR count). The number of nitrogens with zero attached hydrogens (tertiary/aromatic N) is 5. The fraction of sp³-hybridized carbons (Fsp3) is 0.774. The van der Waals surface area contributed by atoms with Crippen molar-refractivity contribution in [2.24, 2.45) is 17.8 Å². The van der Waals surface area contributed by atoms with E-state index < -0.39 is 7.94 Å². The molecule has 0 radical (unpaired) electrons. The van der Waals surface area contributed by atoms with Crippen LogP contribution in [-0.2, 0) is 0 Å². The summed E-state index contributed by atoms with van der Waals surface area (Å²) in [5.41, 5.74) is 7.59. The molecule has 8 N–H and O–H groups in total. The first kappa shape index (κ1) is 33.4. The quantitative estimate of drug-likeness (QED) is 0.105. The normalized spacial score (nSPS) is 25.1. The molecule has 246 valence electrons. The minimum absolute atomic E-state index is 0.0397. The Hall–Kier alpha value is -1.92. The molecule has 44 heavy (non-hydrogen) atoms. The van der Waals surface area contributed by atoms with Gasteiger partial charge in [-0.3, -0.25) is 4.90 Å². The molecule has 3 unspecified atom stereocenters. The number of nitrogens with two attached hydrogens (primary N) is 1. The van der Waals surface area contributed by atoms with Crippen LogP contribution in [-0.4, -0.2) is 106 Å². The summed E-state index contributed by atoms with van der Waals surface area (Å²) in [6, 6.07) is 0.744. The van der Waals surface area contributed by atoms with E-state index in [2.05, 4.69) is 53.9 Å². The maximum atomic E-state index is 9.21. The van der Waals surface area contributed by atoms with Gasteiger partial charge in [-0.2, -0.15) is 29.6 Å². The standard InChI is InChI=1S/C31H55N9O3P/c32-29-36-30(38-31(37-29)40-18-16-39(17-19-40)15-6-20-44(41,42)43)35-22-24-11-12-26(28(21-24)25-7-4-8-25)23-33-13-5-14-34-27-9-2-1-3-10-27/h4,7-8,24,26-28,33-34,41-43H,1-3,5-6,9-23H2,(H3,32,35,36,37,38)/q+1. The van der Waals surface area contributed by atoms with Crippen LogP contribution in [0.4, 0.5) is 17.8 Å². The van der Waals surface area contributed by atoms with Crippen LogP contribution >= 0.6 is 7.94 Å². The molecule has 0 bridgehead atoms. The van der Waals surface area contributed by atoms with Gasteiger partial charge < -0.3 is 26.6 Å². The molecule has 1 aromatic rings. The van der Waals surface area contributed by atoms with E-state index in [9.17, 15) is 14.7 Å². The SMILES string of the molecule is Nc1nc(NCC2CCC(CNCCCNC3CCCCC3)C(C3=CC=C3)C2)nc(N2CCN(CCC[P+](O)(O)O)CC2)n1. The summed E-state index contributed by atoms with van der Waals surface area (Å²) in [6.07, 6.45) is 19.0. The molecule has 2 heterocycles. The van der Waals surface area contributed by atoms with Crippen molar-refractivity contribution < 1.29 is 14.7 Å². The van der Waals surface area contributed by atoms with Crippen LogP contribution in [0.3, 0.4) is 0 Å². The van der Waals surface area contributed by atoms with Gasteiger partial charge in [-0.1, -0.05) is 37.5 Å². The average molecular weight is 633 g/mol. The summed E-state index contributed by atoms with van der Waals surface area (Å²) in [6.45, 7) is 7.95. The van der Waals surface area contributed by atoms with Gasteiger partial charge in [0.05, 0.1) is 0 Å². The first-order chi connectivity index (χ1) is 21.3. The van der Waals surface area contributed by atoms with Gasteiger partial charge in [-0.05, 0) is 81.5 Å². The molecule has 1 aromatic heterocycles. The highest BCUT2D eigenvalue weighted by Gasteiger charge is 2.33. The fourth-order valence-electron chi connectivity index (χ4n) is 7.24. The van der Waals surface area contributed by atoms with E-state index in [0.29, 0.717) is 42.6 Å². The van der Waals surface area contributed by atoms with E-state index in [1.807, 2.05) is 0 Å². The van der Waals surface area contributed by atoms with E-state index in [1.165, 1.54) is 63.4 Å². The Morgan fingerprint density at radius 1 is 0.909 bits per heavy atom. The number of piperazine rings is 1. The van der Waals surface area contributed by atoms with Crippen LogP contribution in [0.5, 0.6) is 0 Å². The van der Waals surface area contributed by atoms with Gasteiger partial charge in [0.1, 0.15) is 6.16 Å². The third-order valence-corrected chi connectivity index (χ3v) is 10.8. The first-order valence-electron chi connectivity index (χ1n) is 16.9. The van der Waals surface area contributed by atoms with Crippen molar-refractivity contribution in [3.8, 4) is 0 Å². The zero-order valence-electron chi connectivity index (χ0n) is 26.3. The number of allylic oxidation sites excluding steroid dienone is 4. The Labute approximate surface area is 263 Å². The van der Waals surface area contributed by atoms with Gasteiger partial charge in [-0.25, -0.2) is 0 Å². The molecule has 13 heteroatoms. The molecule has 3 aliphatic carbocycles. The monoisotopic (exact) mass is 632 g/mol. The third kappa shape index (κ3) is 10.6. The predicted molar refractivity (Wildman–Crippen MR) is 178 cm³/mol. The molecular formula is C31H55N9O3P+. The second kappa shape index (κ2) is 16.6. The highest BCUT2D eigenvalue weighted by atomic mass is 31.2. The summed E-state index contributed by atoms with van der Waals surface area (Å²) < 4.78 is 0. The Morgan fingerprint density at radius 2 is 1.70 bits per heavy atom. The molecule has 1 saturated heterocycles. The lowest BCUT2D eigenvalue weighted by Gasteiger charge is -2.38. The largest absolute Gasteiger partial charge is 0.403 e. The number of hydrogen-bond acceptors (Lipinski definition) is 12. The van der Waals surface area contributed by atoms with Crippen molar-refractivity contribution in [2.75, 3.05) is 81.0 Å². The van der Waals surface area contributed by atoms with Crippen LogP contribution in [0.25, 0.3) is 0 Å². The number of nitrogens with one attached hydrogen (secondary N) is 3. The van der Waals surface area contributed by atoms with Gasteiger partial charge in [0.2, 0.25) is 17.8 Å². The molecule has 4 aliphatic rings. The maximum Gasteiger partial charge on any atom is 0.403 e. The van der Waals surface area contributed by atoms with E-state index in [-0.39, 0.29) is 12.1 Å². The topological polar surface area (TPSA) is 168 Å². The van der Waals surface area contributed by atoms with Crippen molar-refractivity contribution >= 4 is 25.8 Å². The van der Waals surface area contributed by atoms with E-state index in [0.717, 1.165) is 58.4 Å². The van der Waals surface area contributed by atoms with Gasteiger partial charge in [0, 0.05) is 51.7 Å². The van der Waals surface area contributed by atoms with Crippen LogP contribution in [0.2, 0.25) is 0 Å². The van der Waals surface area contributed by atoms with Crippen LogP contribution in [0, 0.1) is 17.8 Å². The van der Waals surface area contributed by atoms with Crippen molar-refractivity contribution in [3.63, 3.8) is 0 Å². The Morgan fingerprint density at radius 3 is 2.43 bits per heavy atom. The minimum atomic E-state index is -3.69. The van der Waals surface area contributed by atoms with Crippen LogP contribution in [0.15, 0.2) is 23.8 Å². The lowest BCUT2D eigenvalue weighted by Crippen LogP contribution is -2.47. The number of nitrogen functional groups attached to an aromatic ring is 1. The highest BCUT2D eigenvalue weighted by molar-refractivity contribution is 7.58. The van der Waals surface area contributed by atoms with Gasteiger partial charge in [0.15, 0.2) is 0 Å². The Bertz CT molecular complexity index is 1090. The fourth-order valence-corrected chi connectivity index (χ4v) is 7.81. The zero-order valence-corrected chi connectivity index (χ0v) is 27.2. The summed E-state index contributed by atoms with van der Waals surface area (Å²) in [7, 11) is -3.69. The molecule has 12 nitrogen and oxygen atoms in total. The lowest BCUT2D eigenvalue weighted by molar-refractivity contribution is 0.210. The maximum absolute atomic E-state index is 9.21. The molecule has 3 atom stereocenters. The Kier molecular flexibility index (Phi) is 12.6.